The minimum absolute atomic E-state index is 0. The monoisotopic (exact) mass is 135 g/mol. The van der Waals surface area contributed by atoms with Crippen LogP contribution in [-0.4, -0.2) is 10.3 Å². The average Bonchev–Trinajstić information content (AvgIpc) is 1.38. The molecule has 0 rings (SSSR count). The van der Waals surface area contributed by atoms with Gasteiger partial charge in [0.15, 0.2) is 0 Å². The topological polar surface area (TPSA) is 72.6 Å². The van der Waals surface area contributed by atoms with Crippen LogP contribution >= 0.6 is 0 Å². The van der Waals surface area contributed by atoms with Crippen LogP contribution in [0.1, 0.15) is 0 Å². The van der Waals surface area contributed by atoms with Gasteiger partial charge in [-0.1, -0.05) is 0 Å². The Balaban J connectivity index is 0. The van der Waals surface area contributed by atoms with Crippen molar-refractivity contribution in [3.63, 3.8) is 0 Å². The van der Waals surface area contributed by atoms with E-state index >= 15 is 0 Å². The molecule has 6 heteroatoms. The van der Waals surface area contributed by atoms with E-state index in [4.69, 9.17) is 15.4 Å². The van der Waals surface area contributed by atoms with E-state index in [2.05, 4.69) is 4.99 Å². The Morgan fingerprint density at radius 1 is 1.83 bits per heavy atom. The van der Waals surface area contributed by atoms with E-state index in [0.29, 0.717) is 0 Å². The van der Waals surface area contributed by atoms with E-state index in [1.807, 2.05) is 0 Å². The van der Waals surface area contributed by atoms with Crippen molar-refractivity contribution in [3.05, 3.63) is 10.1 Å². The first-order chi connectivity index (χ1) is 2.27. The molecule has 0 aliphatic carbocycles. The molecule has 0 heterocycles. The van der Waals surface area contributed by atoms with E-state index in [-0.39, 0.29) is 17.1 Å². The van der Waals surface area contributed by atoms with Gasteiger partial charge in [0.1, 0.15) is 0 Å². The van der Waals surface area contributed by atoms with Gasteiger partial charge in [0.25, 0.3) is 0 Å². The van der Waals surface area contributed by atoms with Crippen LogP contribution in [0.3, 0.4) is 0 Å². The Kier molecular flexibility index (Phi) is 7.16. The summed E-state index contributed by atoms with van der Waals surface area (Å²) < 4.78 is 0. The van der Waals surface area contributed by atoms with Crippen molar-refractivity contribution in [1.82, 2.24) is 0 Å². The van der Waals surface area contributed by atoms with Gasteiger partial charge in [-0.05, 0) is 0 Å². The Bertz CT molecular complexity index is 42.8. The summed E-state index contributed by atoms with van der Waals surface area (Å²) in [5.41, 5.74) is 0. The molecule has 0 aromatic heterocycles. The molecular formula is HFeNO4+2. The number of hydrogen-bond donors (Lipinski definition) is 1. The summed E-state index contributed by atoms with van der Waals surface area (Å²) in [6.45, 7) is 0. The van der Waals surface area contributed by atoms with Gasteiger partial charge in [0.2, 0.25) is 0 Å². The second kappa shape index (κ2) is 4.68. The van der Waals surface area contributed by atoms with Crippen molar-refractivity contribution in [3.8, 4) is 0 Å². The third-order valence-electron chi connectivity index (χ3n) is 0.0667. The van der Waals surface area contributed by atoms with Gasteiger partial charge in [-0.15, -0.1) is 15.1 Å². The minimum atomic E-state index is -1.32. The van der Waals surface area contributed by atoms with Crippen LogP contribution in [0, 0.1) is 10.1 Å². The molecular weight excluding hydrogens is 134 g/mol. The van der Waals surface area contributed by atoms with Crippen molar-refractivity contribution in [1.29, 1.82) is 0 Å². The zero-order valence-electron chi connectivity index (χ0n) is 2.47. The van der Waals surface area contributed by atoms with Gasteiger partial charge in [0.05, 0.1) is 0 Å². The Labute approximate surface area is 43.4 Å². The molecule has 0 amide bonds. The first-order valence-corrected chi connectivity index (χ1v) is 0.730. The number of hydrogen-bond acceptors (Lipinski definition) is 4. The van der Waals surface area contributed by atoms with Gasteiger partial charge in [-0.25, -0.2) is 5.26 Å². The third-order valence-corrected chi connectivity index (χ3v) is 0.0667. The fourth-order valence-corrected chi connectivity index (χ4v) is 0. The maximum atomic E-state index is 8.70. The van der Waals surface area contributed by atoms with Gasteiger partial charge in [-0.3, -0.25) is 0 Å². The van der Waals surface area contributed by atoms with Gasteiger partial charge >= 0.3 is 22.2 Å². The maximum absolute atomic E-state index is 8.70. The molecule has 0 aliphatic rings. The minimum Gasteiger partial charge on any atom is -0.214 e. The quantitative estimate of drug-likeness (QED) is 0.231. The van der Waals surface area contributed by atoms with Gasteiger partial charge in [-0.2, -0.15) is 0 Å². The molecule has 0 unspecified atom stereocenters. The largest absolute Gasteiger partial charge is 2.00 e. The molecule has 0 aromatic rings. The molecule has 36 valence electrons. The van der Waals surface area contributed by atoms with Crippen molar-refractivity contribution >= 4 is 0 Å². The van der Waals surface area contributed by atoms with Crippen molar-refractivity contribution in [2.45, 2.75) is 0 Å². The summed E-state index contributed by atoms with van der Waals surface area (Å²) in [6, 6.07) is 0. The molecule has 0 atom stereocenters. The first-order valence-electron chi connectivity index (χ1n) is 0.730. The summed E-state index contributed by atoms with van der Waals surface area (Å²) in [5, 5.41) is 14.3. The normalized spacial score (nSPS) is 5.50. The second-order valence-electron chi connectivity index (χ2n) is 0.305. The molecule has 0 aliphatic heterocycles. The van der Waals surface area contributed by atoms with Crippen LogP contribution < -0.4 is 0 Å². The van der Waals surface area contributed by atoms with Crippen molar-refractivity contribution in [2.24, 2.45) is 0 Å². The molecule has 0 saturated heterocycles. The van der Waals surface area contributed by atoms with E-state index in [1.165, 1.54) is 0 Å². The smallest absolute Gasteiger partial charge is 0.214 e. The predicted molar refractivity (Wildman–Crippen MR) is 10.7 cm³/mol. The van der Waals surface area contributed by atoms with Gasteiger partial charge in [0, 0.05) is 0 Å². The Morgan fingerprint density at radius 2 is 2.00 bits per heavy atom. The summed E-state index contributed by atoms with van der Waals surface area (Å²) >= 11 is 0. The fraction of sp³-hybridized carbons (Fsp3) is 0. The summed E-state index contributed by atoms with van der Waals surface area (Å²) in [6.07, 6.45) is 0. The third kappa shape index (κ3) is 9.37. The molecule has 0 spiro atoms. The molecule has 0 saturated carbocycles. The van der Waals surface area contributed by atoms with Crippen LogP contribution in [0.25, 0.3) is 0 Å². The zero-order chi connectivity index (χ0) is 4.28. The number of rotatable bonds is 1. The van der Waals surface area contributed by atoms with Crippen LogP contribution in [0.4, 0.5) is 0 Å². The van der Waals surface area contributed by atoms with E-state index < -0.39 is 5.09 Å². The van der Waals surface area contributed by atoms with E-state index in [0.717, 1.165) is 0 Å². The second-order valence-corrected chi connectivity index (χ2v) is 0.305. The molecule has 0 bridgehead atoms. The first kappa shape index (κ1) is 9.19. The molecule has 0 aromatic carbocycles. The predicted octanol–water partition coefficient (Wildman–Crippen LogP) is -0.335. The van der Waals surface area contributed by atoms with Crippen LogP contribution in [0.15, 0.2) is 0 Å². The molecule has 0 fully saturated rings. The average molecular weight is 135 g/mol. The fourth-order valence-electron chi connectivity index (χ4n) is 0. The van der Waals surface area contributed by atoms with Crippen LogP contribution in [-0.2, 0) is 22.1 Å². The van der Waals surface area contributed by atoms with E-state index in [1.54, 1.807) is 0 Å². The maximum Gasteiger partial charge on any atom is 2.00 e. The summed E-state index contributed by atoms with van der Waals surface area (Å²) in [5.74, 6) is 0. The molecule has 5 nitrogen and oxygen atoms in total. The SMILES string of the molecule is O=[N+]([O-])OO.[Fe+2]. The molecule has 6 heavy (non-hydrogen) atoms. The summed E-state index contributed by atoms with van der Waals surface area (Å²) in [4.78, 5) is 11.2. The standard InChI is InChI=1S/Fe.HNO4/c;2-1(3)5-4/h;4H/q+2;. The van der Waals surface area contributed by atoms with Crippen molar-refractivity contribution < 1.29 is 32.4 Å². The van der Waals surface area contributed by atoms with Crippen LogP contribution in [0.2, 0.25) is 0 Å². The van der Waals surface area contributed by atoms with Gasteiger partial charge < -0.3 is 0 Å². The number of nitrogens with zero attached hydrogens (tertiary/aromatic N) is 1. The van der Waals surface area contributed by atoms with Crippen molar-refractivity contribution in [2.75, 3.05) is 0 Å². The van der Waals surface area contributed by atoms with Crippen LogP contribution in [0.5, 0.6) is 0 Å². The van der Waals surface area contributed by atoms with E-state index in [9.17, 15) is 0 Å². The molecule has 1 N–H and O–H groups in total. The zero-order valence-corrected chi connectivity index (χ0v) is 3.58. The summed E-state index contributed by atoms with van der Waals surface area (Å²) in [7, 11) is 0. The molecule has 0 radical (unpaired) electrons. The Hall–Kier alpha value is -0.321. The Morgan fingerprint density at radius 3 is 2.00 bits per heavy atom.